The van der Waals surface area contributed by atoms with Crippen molar-refractivity contribution >= 4 is 11.9 Å². The van der Waals surface area contributed by atoms with E-state index in [0.29, 0.717) is 11.3 Å². The van der Waals surface area contributed by atoms with Gasteiger partial charge in [-0.2, -0.15) is 5.10 Å². The lowest BCUT2D eigenvalue weighted by Gasteiger charge is -2.13. The molecule has 0 fully saturated rings. The SMILES string of the molecule is COCCC(NC(=O)c1cn(-c2ccccc2)nc1C)C(=O)O. The Labute approximate surface area is 133 Å². The van der Waals surface area contributed by atoms with Crippen molar-refractivity contribution in [3.05, 3.63) is 47.8 Å². The predicted octanol–water partition coefficient (Wildman–Crippen LogP) is 1.40. The number of aryl methyl sites for hydroxylation is 1. The number of rotatable bonds is 7. The highest BCUT2D eigenvalue weighted by Gasteiger charge is 2.22. The lowest BCUT2D eigenvalue weighted by molar-refractivity contribution is -0.139. The van der Waals surface area contributed by atoms with Gasteiger partial charge in [0.2, 0.25) is 0 Å². The average molecular weight is 317 g/mol. The number of benzene rings is 1. The van der Waals surface area contributed by atoms with Crippen LogP contribution >= 0.6 is 0 Å². The molecule has 0 aliphatic rings. The molecule has 1 aromatic heterocycles. The van der Waals surface area contributed by atoms with Gasteiger partial charge >= 0.3 is 5.97 Å². The van der Waals surface area contributed by atoms with Crippen molar-refractivity contribution in [3.8, 4) is 5.69 Å². The maximum Gasteiger partial charge on any atom is 0.326 e. The molecule has 122 valence electrons. The molecule has 23 heavy (non-hydrogen) atoms. The lowest BCUT2D eigenvalue weighted by Crippen LogP contribution is -2.41. The third-order valence-electron chi connectivity index (χ3n) is 3.38. The first-order valence-electron chi connectivity index (χ1n) is 7.17. The van der Waals surface area contributed by atoms with Crippen molar-refractivity contribution in [2.24, 2.45) is 0 Å². The molecule has 2 rings (SSSR count). The Kier molecular flexibility index (Phi) is 5.48. The molecule has 1 atom stereocenters. The second-order valence-corrected chi connectivity index (χ2v) is 5.05. The number of carboxylic acid groups (broad SMARTS) is 1. The fourth-order valence-electron chi connectivity index (χ4n) is 2.13. The smallest absolute Gasteiger partial charge is 0.326 e. The van der Waals surface area contributed by atoms with Gasteiger partial charge in [-0.05, 0) is 19.1 Å². The predicted molar refractivity (Wildman–Crippen MR) is 83.7 cm³/mol. The highest BCUT2D eigenvalue weighted by molar-refractivity contribution is 5.97. The molecule has 2 N–H and O–H groups in total. The molecule has 1 unspecified atom stereocenters. The minimum Gasteiger partial charge on any atom is -0.480 e. The van der Waals surface area contributed by atoms with E-state index in [2.05, 4.69) is 10.4 Å². The van der Waals surface area contributed by atoms with Gasteiger partial charge in [0, 0.05) is 26.3 Å². The van der Waals surface area contributed by atoms with Gasteiger partial charge < -0.3 is 15.2 Å². The summed E-state index contributed by atoms with van der Waals surface area (Å²) in [5, 5.41) is 16.0. The first-order valence-corrected chi connectivity index (χ1v) is 7.17. The summed E-state index contributed by atoms with van der Waals surface area (Å²) in [5.74, 6) is -1.56. The number of carbonyl (C=O) groups is 2. The fourth-order valence-corrected chi connectivity index (χ4v) is 2.13. The van der Waals surface area contributed by atoms with E-state index in [9.17, 15) is 9.59 Å². The largest absolute Gasteiger partial charge is 0.480 e. The zero-order valence-electron chi connectivity index (χ0n) is 13.0. The number of aliphatic carboxylic acids is 1. The topological polar surface area (TPSA) is 93.5 Å². The van der Waals surface area contributed by atoms with Crippen LogP contribution in [-0.4, -0.2) is 46.5 Å². The molecule has 0 aliphatic carbocycles. The number of carboxylic acids is 1. The van der Waals surface area contributed by atoms with Crippen molar-refractivity contribution in [2.75, 3.05) is 13.7 Å². The van der Waals surface area contributed by atoms with Crippen LogP contribution in [0.4, 0.5) is 0 Å². The summed E-state index contributed by atoms with van der Waals surface area (Å²) in [4.78, 5) is 23.5. The van der Waals surface area contributed by atoms with Crippen molar-refractivity contribution < 1.29 is 19.4 Å². The average Bonchev–Trinajstić information content (AvgIpc) is 2.94. The summed E-state index contributed by atoms with van der Waals surface area (Å²) in [6, 6.07) is 8.37. The Morgan fingerprint density at radius 3 is 2.65 bits per heavy atom. The van der Waals surface area contributed by atoms with Gasteiger partial charge in [-0.3, -0.25) is 4.79 Å². The third-order valence-corrected chi connectivity index (χ3v) is 3.38. The van der Waals surface area contributed by atoms with Crippen LogP contribution in [0.25, 0.3) is 5.69 Å². The summed E-state index contributed by atoms with van der Waals surface area (Å²) in [6.45, 7) is 1.96. The van der Waals surface area contributed by atoms with E-state index in [1.807, 2.05) is 30.3 Å². The van der Waals surface area contributed by atoms with Crippen LogP contribution in [0.2, 0.25) is 0 Å². The minimum absolute atomic E-state index is 0.198. The number of nitrogens with one attached hydrogen (secondary N) is 1. The summed E-state index contributed by atoms with van der Waals surface area (Å²) in [5.41, 5.74) is 1.70. The molecule has 0 saturated heterocycles. The Hall–Kier alpha value is -2.67. The molecule has 2 aromatic rings. The monoisotopic (exact) mass is 317 g/mol. The molecule has 0 aliphatic heterocycles. The number of amides is 1. The molecule has 0 radical (unpaired) electrons. The quantitative estimate of drug-likeness (QED) is 0.805. The van der Waals surface area contributed by atoms with E-state index >= 15 is 0 Å². The van der Waals surface area contributed by atoms with Gasteiger partial charge in [0.1, 0.15) is 6.04 Å². The zero-order chi connectivity index (χ0) is 16.8. The number of para-hydroxylation sites is 1. The maximum atomic E-state index is 12.3. The normalized spacial score (nSPS) is 11.9. The molecule has 0 bridgehead atoms. The molecule has 0 saturated carbocycles. The number of aromatic nitrogens is 2. The Morgan fingerprint density at radius 2 is 2.04 bits per heavy atom. The number of methoxy groups -OCH3 is 1. The van der Waals surface area contributed by atoms with Crippen molar-refractivity contribution in [3.63, 3.8) is 0 Å². The highest BCUT2D eigenvalue weighted by atomic mass is 16.5. The second-order valence-electron chi connectivity index (χ2n) is 5.05. The molecule has 0 spiro atoms. The van der Waals surface area contributed by atoms with Crippen LogP contribution in [0.1, 0.15) is 22.5 Å². The van der Waals surface area contributed by atoms with Gasteiger partial charge in [0.15, 0.2) is 0 Å². The summed E-state index contributed by atoms with van der Waals surface area (Å²) >= 11 is 0. The van der Waals surface area contributed by atoms with Crippen LogP contribution in [0.15, 0.2) is 36.5 Å². The molecular formula is C16H19N3O4. The lowest BCUT2D eigenvalue weighted by atomic mass is 10.2. The van der Waals surface area contributed by atoms with E-state index in [4.69, 9.17) is 9.84 Å². The summed E-state index contributed by atoms with van der Waals surface area (Å²) in [6.07, 6.45) is 1.79. The number of hydrogen-bond donors (Lipinski definition) is 2. The van der Waals surface area contributed by atoms with Gasteiger partial charge in [-0.25, -0.2) is 9.48 Å². The third kappa shape index (κ3) is 4.17. The second kappa shape index (κ2) is 7.55. The first kappa shape index (κ1) is 16.7. The van der Waals surface area contributed by atoms with Crippen LogP contribution in [-0.2, 0) is 9.53 Å². The van der Waals surface area contributed by atoms with E-state index in [1.165, 1.54) is 7.11 Å². The van der Waals surface area contributed by atoms with Crippen LogP contribution in [0.3, 0.4) is 0 Å². The number of carbonyl (C=O) groups excluding carboxylic acids is 1. The molecule has 1 amide bonds. The van der Waals surface area contributed by atoms with Crippen molar-refractivity contribution in [1.29, 1.82) is 0 Å². The van der Waals surface area contributed by atoms with Crippen LogP contribution in [0, 0.1) is 6.92 Å². The highest BCUT2D eigenvalue weighted by Crippen LogP contribution is 2.12. The van der Waals surface area contributed by atoms with E-state index in [1.54, 1.807) is 17.8 Å². The summed E-state index contributed by atoms with van der Waals surface area (Å²) in [7, 11) is 1.48. The van der Waals surface area contributed by atoms with E-state index < -0.39 is 17.9 Å². The molecule has 1 heterocycles. The maximum absolute atomic E-state index is 12.3. The Morgan fingerprint density at radius 1 is 1.35 bits per heavy atom. The molecule has 1 aromatic carbocycles. The van der Waals surface area contributed by atoms with Gasteiger partial charge in [0.25, 0.3) is 5.91 Å². The van der Waals surface area contributed by atoms with E-state index in [-0.39, 0.29) is 13.0 Å². The zero-order valence-corrected chi connectivity index (χ0v) is 13.0. The number of nitrogens with zero attached hydrogens (tertiary/aromatic N) is 2. The standard InChI is InChI=1S/C16H19N3O4/c1-11-13(10-19(18-11)12-6-4-3-5-7-12)15(20)17-14(16(21)22)8-9-23-2/h3-7,10,14H,8-9H2,1-2H3,(H,17,20)(H,21,22). The fraction of sp³-hybridized carbons (Fsp3) is 0.312. The Balaban J connectivity index is 2.16. The van der Waals surface area contributed by atoms with E-state index in [0.717, 1.165) is 5.69 Å². The minimum atomic E-state index is -1.09. The van der Waals surface area contributed by atoms with Gasteiger partial charge in [-0.1, -0.05) is 18.2 Å². The number of hydrogen-bond acceptors (Lipinski definition) is 4. The molecule has 7 nitrogen and oxygen atoms in total. The van der Waals surface area contributed by atoms with Crippen molar-refractivity contribution in [1.82, 2.24) is 15.1 Å². The van der Waals surface area contributed by atoms with Crippen molar-refractivity contribution in [2.45, 2.75) is 19.4 Å². The number of ether oxygens (including phenoxy) is 1. The first-order chi connectivity index (χ1) is 11.0. The van der Waals surface area contributed by atoms with Gasteiger partial charge in [0.05, 0.1) is 16.9 Å². The van der Waals surface area contributed by atoms with Crippen LogP contribution in [0.5, 0.6) is 0 Å². The molecule has 7 heteroatoms. The van der Waals surface area contributed by atoms with Crippen LogP contribution < -0.4 is 5.32 Å². The Bertz CT molecular complexity index is 682. The van der Waals surface area contributed by atoms with Gasteiger partial charge in [-0.15, -0.1) is 0 Å². The molecular weight excluding hydrogens is 298 g/mol. The summed E-state index contributed by atoms with van der Waals surface area (Å²) < 4.78 is 6.46.